The van der Waals surface area contributed by atoms with Crippen molar-refractivity contribution in [3.05, 3.63) is 72.3 Å². The zero-order valence-electron chi connectivity index (χ0n) is 11.3. The lowest BCUT2D eigenvalue weighted by atomic mass is 10.1. The zero-order chi connectivity index (χ0) is 14.0. The summed E-state index contributed by atoms with van der Waals surface area (Å²) in [6.45, 7) is 0. The smallest absolute Gasteiger partial charge is 0.0609 e. The molecule has 0 aliphatic heterocycles. The van der Waals surface area contributed by atoms with Crippen LogP contribution < -0.4 is 0 Å². The van der Waals surface area contributed by atoms with Gasteiger partial charge in [0, 0.05) is 24.8 Å². The second-order valence-electron chi connectivity index (χ2n) is 4.50. The van der Waals surface area contributed by atoms with Crippen molar-refractivity contribution in [3.63, 3.8) is 0 Å². The molecule has 0 fully saturated rings. The minimum Gasteiger partial charge on any atom is -0.392 e. The fourth-order valence-electron chi connectivity index (χ4n) is 1.77. The molecule has 0 saturated carbocycles. The van der Waals surface area contributed by atoms with Crippen LogP contribution in [0.1, 0.15) is 24.0 Å². The molecule has 102 valence electrons. The fraction of sp³-hybridized carbons (Fsp3) is 0.176. The molecule has 0 amide bonds. The summed E-state index contributed by atoms with van der Waals surface area (Å²) in [6.07, 6.45) is 15.9. The summed E-state index contributed by atoms with van der Waals surface area (Å²) >= 11 is 0. The van der Waals surface area contributed by atoms with E-state index in [0.29, 0.717) is 12.8 Å². The Morgan fingerprint density at radius 3 is 1.80 bits per heavy atom. The van der Waals surface area contributed by atoms with Gasteiger partial charge in [0.25, 0.3) is 0 Å². The lowest BCUT2D eigenvalue weighted by molar-refractivity contribution is 0.182. The van der Waals surface area contributed by atoms with Crippen LogP contribution in [0.2, 0.25) is 0 Å². The van der Waals surface area contributed by atoms with E-state index in [1.807, 2.05) is 48.6 Å². The minimum atomic E-state index is -0.365. The highest BCUT2D eigenvalue weighted by Crippen LogP contribution is 2.06. The third-order valence-corrected chi connectivity index (χ3v) is 2.81. The summed E-state index contributed by atoms with van der Waals surface area (Å²) in [4.78, 5) is 8.07. The van der Waals surface area contributed by atoms with E-state index in [1.54, 1.807) is 24.8 Å². The van der Waals surface area contributed by atoms with E-state index in [4.69, 9.17) is 0 Å². The standard InChI is InChI=1S/C17H18N2O/c20-17(9-1-5-15-7-3-11-18-13-15)10-2-6-16-8-4-12-19-14-16/h1-8,11-14,17,20H,9-10H2. The summed E-state index contributed by atoms with van der Waals surface area (Å²) in [7, 11) is 0. The van der Waals surface area contributed by atoms with Crippen molar-refractivity contribution >= 4 is 12.2 Å². The van der Waals surface area contributed by atoms with Crippen LogP contribution in [-0.4, -0.2) is 21.2 Å². The minimum absolute atomic E-state index is 0.365. The van der Waals surface area contributed by atoms with Gasteiger partial charge in [-0.1, -0.05) is 36.4 Å². The molecular weight excluding hydrogens is 248 g/mol. The van der Waals surface area contributed by atoms with Crippen molar-refractivity contribution in [2.24, 2.45) is 0 Å². The highest BCUT2D eigenvalue weighted by Gasteiger charge is 1.98. The first-order valence-corrected chi connectivity index (χ1v) is 6.66. The van der Waals surface area contributed by atoms with Crippen LogP contribution in [0, 0.1) is 0 Å². The van der Waals surface area contributed by atoms with Gasteiger partial charge in [0.2, 0.25) is 0 Å². The summed E-state index contributed by atoms with van der Waals surface area (Å²) in [5, 5.41) is 9.87. The number of rotatable bonds is 6. The Hall–Kier alpha value is -2.26. The molecule has 0 aliphatic rings. The molecule has 0 radical (unpaired) electrons. The van der Waals surface area contributed by atoms with Crippen molar-refractivity contribution in [3.8, 4) is 0 Å². The second-order valence-corrected chi connectivity index (χ2v) is 4.50. The molecule has 2 aromatic rings. The second kappa shape index (κ2) is 8.02. The molecule has 2 rings (SSSR count). The van der Waals surface area contributed by atoms with Crippen molar-refractivity contribution in [2.75, 3.05) is 0 Å². The van der Waals surface area contributed by atoms with E-state index in [1.165, 1.54) is 0 Å². The van der Waals surface area contributed by atoms with Crippen LogP contribution in [-0.2, 0) is 0 Å². The Kier molecular flexibility index (Phi) is 5.68. The van der Waals surface area contributed by atoms with Gasteiger partial charge >= 0.3 is 0 Å². The molecule has 0 spiro atoms. The maximum atomic E-state index is 9.87. The molecule has 2 heterocycles. The van der Waals surface area contributed by atoms with E-state index >= 15 is 0 Å². The van der Waals surface area contributed by atoms with Gasteiger partial charge < -0.3 is 5.11 Å². The number of hydrogen-bond donors (Lipinski definition) is 1. The predicted octanol–water partition coefficient (Wildman–Crippen LogP) is 3.34. The molecule has 3 nitrogen and oxygen atoms in total. The molecule has 2 aromatic heterocycles. The van der Waals surface area contributed by atoms with Crippen LogP contribution in [0.4, 0.5) is 0 Å². The van der Waals surface area contributed by atoms with E-state index < -0.39 is 0 Å². The first-order valence-electron chi connectivity index (χ1n) is 6.66. The summed E-state index contributed by atoms with van der Waals surface area (Å²) in [6, 6.07) is 7.76. The molecular formula is C17H18N2O. The maximum Gasteiger partial charge on any atom is 0.0609 e. The number of aliphatic hydroxyl groups is 1. The van der Waals surface area contributed by atoms with E-state index in [0.717, 1.165) is 11.1 Å². The molecule has 1 N–H and O–H groups in total. The molecule has 20 heavy (non-hydrogen) atoms. The van der Waals surface area contributed by atoms with Crippen molar-refractivity contribution in [1.29, 1.82) is 0 Å². The number of hydrogen-bond acceptors (Lipinski definition) is 3. The number of nitrogens with zero attached hydrogens (tertiary/aromatic N) is 2. The molecule has 0 aromatic carbocycles. The van der Waals surface area contributed by atoms with E-state index in [9.17, 15) is 5.11 Å². The summed E-state index contributed by atoms with van der Waals surface area (Å²) in [5.41, 5.74) is 2.09. The van der Waals surface area contributed by atoms with E-state index in [-0.39, 0.29) is 6.10 Å². The Balaban J connectivity index is 1.74. The van der Waals surface area contributed by atoms with Crippen molar-refractivity contribution < 1.29 is 5.11 Å². The average molecular weight is 266 g/mol. The number of aromatic nitrogens is 2. The molecule has 0 unspecified atom stereocenters. The van der Waals surface area contributed by atoms with Crippen molar-refractivity contribution in [1.82, 2.24) is 9.97 Å². The maximum absolute atomic E-state index is 9.87. The van der Waals surface area contributed by atoms with Gasteiger partial charge in [-0.3, -0.25) is 9.97 Å². The third kappa shape index (κ3) is 5.16. The lowest BCUT2D eigenvalue weighted by Gasteiger charge is -2.03. The first kappa shape index (κ1) is 14.2. The van der Waals surface area contributed by atoms with Crippen LogP contribution in [0.25, 0.3) is 12.2 Å². The fourth-order valence-corrected chi connectivity index (χ4v) is 1.77. The third-order valence-electron chi connectivity index (χ3n) is 2.81. The normalized spacial score (nSPS) is 13.1. The van der Waals surface area contributed by atoms with Gasteiger partial charge in [0.05, 0.1) is 6.10 Å². The first-order chi connectivity index (χ1) is 9.84. The average Bonchev–Trinajstić information content (AvgIpc) is 2.49. The Labute approximate surface area is 119 Å². The molecule has 0 bridgehead atoms. The lowest BCUT2D eigenvalue weighted by Crippen LogP contribution is -2.02. The van der Waals surface area contributed by atoms with Gasteiger partial charge in [-0.05, 0) is 36.1 Å². The SMILES string of the molecule is OC(CC=Cc1cccnc1)CC=Cc1cccnc1. The van der Waals surface area contributed by atoms with E-state index in [2.05, 4.69) is 9.97 Å². The predicted molar refractivity (Wildman–Crippen MR) is 81.8 cm³/mol. The van der Waals surface area contributed by atoms with Crippen molar-refractivity contribution in [2.45, 2.75) is 18.9 Å². The molecule has 0 aliphatic carbocycles. The van der Waals surface area contributed by atoms with Crippen LogP contribution in [0.3, 0.4) is 0 Å². The van der Waals surface area contributed by atoms with Crippen LogP contribution in [0.5, 0.6) is 0 Å². The van der Waals surface area contributed by atoms with Gasteiger partial charge in [0.1, 0.15) is 0 Å². The Morgan fingerprint density at radius 2 is 1.40 bits per heavy atom. The topological polar surface area (TPSA) is 46.0 Å². The number of pyridine rings is 2. The zero-order valence-corrected chi connectivity index (χ0v) is 11.3. The summed E-state index contributed by atoms with van der Waals surface area (Å²) < 4.78 is 0. The quantitative estimate of drug-likeness (QED) is 0.872. The molecule has 3 heteroatoms. The highest BCUT2D eigenvalue weighted by molar-refractivity contribution is 5.48. The van der Waals surface area contributed by atoms with Gasteiger partial charge in [-0.15, -0.1) is 0 Å². The molecule has 0 saturated heterocycles. The molecule has 0 atom stereocenters. The Morgan fingerprint density at radius 1 is 0.900 bits per heavy atom. The highest BCUT2D eigenvalue weighted by atomic mass is 16.3. The monoisotopic (exact) mass is 266 g/mol. The van der Waals surface area contributed by atoms with Crippen LogP contribution in [0.15, 0.2) is 61.2 Å². The van der Waals surface area contributed by atoms with Gasteiger partial charge in [-0.2, -0.15) is 0 Å². The van der Waals surface area contributed by atoms with Gasteiger partial charge in [0.15, 0.2) is 0 Å². The number of aliphatic hydroxyl groups excluding tert-OH is 1. The summed E-state index contributed by atoms with van der Waals surface area (Å²) in [5.74, 6) is 0. The van der Waals surface area contributed by atoms with Crippen LogP contribution >= 0.6 is 0 Å². The van der Waals surface area contributed by atoms with Gasteiger partial charge in [-0.25, -0.2) is 0 Å². The Bertz CT molecular complexity index is 498. The largest absolute Gasteiger partial charge is 0.392 e.